The van der Waals surface area contributed by atoms with Gasteiger partial charge in [0.05, 0.1) is 13.2 Å². The fourth-order valence-corrected chi connectivity index (χ4v) is 3.10. The minimum absolute atomic E-state index is 0.00595. The molecule has 0 bridgehead atoms. The van der Waals surface area contributed by atoms with Gasteiger partial charge in [-0.1, -0.05) is 12.1 Å². The van der Waals surface area contributed by atoms with Gasteiger partial charge in [-0.25, -0.2) is 14.4 Å². The zero-order chi connectivity index (χ0) is 19.2. The van der Waals surface area contributed by atoms with Crippen molar-refractivity contribution in [3.05, 3.63) is 57.6 Å². The van der Waals surface area contributed by atoms with Crippen LogP contribution < -0.4 is 5.56 Å². The van der Waals surface area contributed by atoms with E-state index in [0.29, 0.717) is 31.2 Å². The third-order valence-electron chi connectivity index (χ3n) is 4.49. The fraction of sp³-hybridized carbons (Fsp3) is 0.333. The molecule has 2 aromatic heterocycles. The first-order valence-corrected chi connectivity index (χ1v) is 8.49. The van der Waals surface area contributed by atoms with Crippen molar-refractivity contribution in [1.29, 1.82) is 0 Å². The summed E-state index contributed by atoms with van der Waals surface area (Å²) in [6, 6.07) is 6.04. The van der Waals surface area contributed by atoms with E-state index in [1.807, 2.05) is 13.8 Å². The molecule has 0 radical (unpaired) electrons. The Hall–Kier alpha value is -3.07. The number of ether oxygens (including phenoxy) is 1. The Morgan fingerprint density at radius 2 is 2.04 bits per heavy atom. The molecule has 3 heterocycles. The number of rotatable bonds is 3. The lowest BCUT2D eigenvalue weighted by atomic mass is 10.1. The lowest BCUT2D eigenvalue weighted by Crippen LogP contribution is -2.41. The van der Waals surface area contributed by atoms with Crippen LogP contribution in [0.3, 0.4) is 0 Å². The number of H-pyrrole nitrogens is 1. The minimum atomic E-state index is -0.771. The number of hydrogen-bond acceptors (Lipinski definition) is 6. The van der Waals surface area contributed by atoms with Crippen molar-refractivity contribution in [3.8, 4) is 17.3 Å². The highest BCUT2D eigenvalue weighted by Crippen LogP contribution is 2.30. The Morgan fingerprint density at radius 1 is 1.30 bits per heavy atom. The Morgan fingerprint density at radius 3 is 2.78 bits per heavy atom. The molecule has 0 fully saturated rings. The second-order valence-electron chi connectivity index (χ2n) is 6.86. The van der Waals surface area contributed by atoms with Gasteiger partial charge in [0.1, 0.15) is 23.1 Å². The quantitative estimate of drug-likeness (QED) is 0.726. The number of nitrogens with zero attached hydrogens (tertiary/aromatic N) is 4. The van der Waals surface area contributed by atoms with E-state index < -0.39 is 16.9 Å². The maximum Gasteiger partial charge on any atom is 0.296 e. The molecule has 8 nitrogen and oxygen atoms in total. The first-order valence-electron chi connectivity index (χ1n) is 8.49. The van der Waals surface area contributed by atoms with E-state index in [-0.39, 0.29) is 17.3 Å². The molecule has 27 heavy (non-hydrogen) atoms. The molecule has 0 spiro atoms. The molecular formula is C18H18FN5O3. The Bertz CT molecular complexity index is 1060. The van der Waals surface area contributed by atoms with Crippen molar-refractivity contribution >= 4 is 0 Å². The standard InChI is InChI=1S/C18H18FN5O3/c1-18(2)17-21-13(14(25)16(26)24(17)7-8-27-18)15-20-12(22-23-15)9-10-3-5-11(19)6-4-10/h3-6,25H,7-9H2,1-2H3,(H,20,22,23). The normalized spacial score (nSPS) is 15.5. The molecule has 0 unspecified atom stereocenters. The summed E-state index contributed by atoms with van der Waals surface area (Å²) in [6.07, 6.45) is 0.395. The highest BCUT2D eigenvalue weighted by Gasteiger charge is 2.33. The molecule has 4 rings (SSSR count). The average Bonchev–Trinajstić information content (AvgIpc) is 3.08. The Labute approximate surface area is 153 Å². The van der Waals surface area contributed by atoms with Crippen LogP contribution in [0.1, 0.15) is 31.1 Å². The maximum absolute atomic E-state index is 13.0. The first-order chi connectivity index (χ1) is 12.8. The van der Waals surface area contributed by atoms with Crippen molar-refractivity contribution in [1.82, 2.24) is 24.7 Å². The van der Waals surface area contributed by atoms with Crippen LogP contribution in [-0.2, 0) is 23.3 Å². The number of aromatic nitrogens is 5. The van der Waals surface area contributed by atoms with E-state index in [4.69, 9.17) is 4.74 Å². The SMILES string of the molecule is CC1(C)OCCn2c1nc(-c1n[nH]c(Cc3ccc(F)cc3)n1)c(O)c2=O. The van der Waals surface area contributed by atoms with Gasteiger partial charge in [-0.15, -0.1) is 0 Å². The molecule has 2 N–H and O–H groups in total. The number of aromatic hydroxyl groups is 1. The third kappa shape index (κ3) is 3.10. The van der Waals surface area contributed by atoms with Crippen molar-refractivity contribution in [3.63, 3.8) is 0 Å². The molecule has 3 aromatic rings. The number of halogens is 1. The highest BCUT2D eigenvalue weighted by molar-refractivity contribution is 5.57. The summed E-state index contributed by atoms with van der Waals surface area (Å²) in [6.45, 7) is 4.30. The highest BCUT2D eigenvalue weighted by atomic mass is 19.1. The van der Waals surface area contributed by atoms with Crippen LogP contribution in [0.2, 0.25) is 0 Å². The monoisotopic (exact) mass is 371 g/mol. The summed E-state index contributed by atoms with van der Waals surface area (Å²) >= 11 is 0. The minimum Gasteiger partial charge on any atom is -0.501 e. The van der Waals surface area contributed by atoms with Crippen LogP contribution in [0.25, 0.3) is 11.5 Å². The van der Waals surface area contributed by atoms with E-state index >= 15 is 0 Å². The molecule has 0 saturated carbocycles. The van der Waals surface area contributed by atoms with Crippen LogP contribution in [0, 0.1) is 5.82 Å². The van der Waals surface area contributed by atoms with Crippen molar-refractivity contribution in [2.45, 2.75) is 32.4 Å². The van der Waals surface area contributed by atoms with E-state index in [1.165, 1.54) is 16.7 Å². The van der Waals surface area contributed by atoms with Crippen molar-refractivity contribution in [2.24, 2.45) is 0 Å². The zero-order valence-corrected chi connectivity index (χ0v) is 14.9. The molecule has 1 aliphatic rings. The average molecular weight is 371 g/mol. The predicted octanol–water partition coefficient (Wildman–Crippen LogP) is 1.73. The Kier molecular flexibility index (Phi) is 4.03. The van der Waals surface area contributed by atoms with E-state index in [1.54, 1.807) is 12.1 Å². The third-order valence-corrected chi connectivity index (χ3v) is 4.49. The molecule has 140 valence electrons. The number of fused-ring (bicyclic) bond motifs is 1. The molecule has 0 saturated heterocycles. The van der Waals surface area contributed by atoms with Crippen molar-refractivity contribution < 1.29 is 14.2 Å². The van der Waals surface area contributed by atoms with Gasteiger partial charge < -0.3 is 9.84 Å². The maximum atomic E-state index is 13.0. The van der Waals surface area contributed by atoms with Gasteiger partial charge in [-0.2, -0.15) is 5.10 Å². The van der Waals surface area contributed by atoms with Gasteiger partial charge in [0.25, 0.3) is 5.56 Å². The number of aromatic amines is 1. The van der Waals surface area contributed by atoms with Gasteiger partial charge in [-0.3, -0.25) is 14.5 Å². The smallest absolute Gasteiger partial charge is 0.296 e. The van der Waals surface area contributed by atoms with E-state index in [0.717, 1.165) is 5.56 Å². The Balaban J connectivity index is 1.72. The molecule has 0 atom stereocenters. The largest absolute Gasteiger partial charge is 0.501 e. The summed E-state index contributed by atoms with van der Waals surface area (Å²) in [5.41, 5.74) is -0.466. The first kappa shape index (κ1) is 17.3. The predicted molar refractivity (Wildman–Crippen MR) is 93.7 cm³/mol. The van der Waals surface area contributed by atoms with E-state index in [2.05, 4.69) is 20.2 Å². The lowest BCUT2D eigenvalue weighted by molar-refractivity contribution is -0.0564. The number of nitrogens with one attached hydrogen (secondary N) is 1. The van der Waals surface area contributed by atoms with E-state index in [9.17, 15) is 14.3 Å². The van der Waals surface area contributed by atoms with Crippen LogP contribution in [0.4, 0.5) is 4.39 Å². The van der Waals surface area contributed by atoms with Crippen LogP contribution in [0.5, 0.6) is 5.75 Å². The van der Waals surface area contributed by atoms with Crippen LogP contribution in [0.15, 0.2) is 29.1 Å². The van der Waals surface area contributed by atoms with Crippen molar-refractivity contribution in [2.75, 3.05) is 6.61 Å². The zero-order valence-electron chi connectivity index (χ0n) is 14.9. The second kappa shape index (κ2) is 6.27. The molecular weight excluding hydrogens is 353 g/mol. The fourth-order valence-electron chi connectivity index (χ4n) is 3.10. The van der Waals surface area contributed by atoms with Gasteiger partial charge in [0.15, 0.2) is 5.69 Å². The summed E-state index contributed by atoms with van der Waals surface area (Å²) in [5, 5.41) is 17.2. The van der Waals surface area contributed by atoms with Gasteiger partial charge in [0, 0.05) is 6.42 Å². The lowest BCUT2D eigenvalue weighted by Gasteiger charge is -2.32. The van der Waals surface area contributed by atoms with Gasteiger partial charge >= 0.3 is 0 Å². The van der Waals surface area contributed by atoms with Gasteiger partial charge in [0.2, 0.25) is 11.6 Å². The van der Waals surface area contributed by atoms with Crippen LogP contribution >= 0.6 is 0 Å². The summed E-state index contributed by atoms with van der Waals surface area (Å²) in [5.74, 6) is 0.225. The van der Waals surface area contributed by atoms with Gasteiger partial charge in [-0.05, 0) is 31.5 Å². The summed E-state index contributed by atoms with van der Waals surface area (Å²) in [7, 11) is 0. The molecule has 0 aliphatic carbocycles. The summed E-state index contributed by atoms with van der Waals surface area (Å²) in [4.78, 5) is 21.3. The molecule has 9 heteroatoms. The summed E-state index contributed by atoms with van der Waals surface area (Å²) < 4.78 is 20.1. The number of hydrogen-bond donors (Lipinski definition) is 2. The second-order valence-corrected chi connectivity index (χ2v) is 6.86. The molecule has 1 aromatic carbocycles. The van der Waals surface area contributed by atoms with Crippen LogP contribution in [-0.4, -0.2) is 36.4 Å². The topological polar surface area (TPSA) is 106 Å². The molecule has 1 aliphatic heterocycles. The number of benzene rings is 1. The molecule has 0 amide bonds.